The second-order valence-corrected chi connectivity index (χ2v) is 4.04. The molecule has 0 amide bonds. The first-order valence-electron chi connectivity index (χ1n) is 6.26. The van der Waals surface area contributed by atoms with Gasteiger partial charge in [-0.1, -0.05) is 43.9 Å². The standard InChI is InChI=1S/C15H25N/c1-5-8-11-15(6-2)12-9-10-14(4)13-16-7-3/h2,10,12,16H,5,7-9,11,13H2,1,3-4H3/b14-10-,15-12+. The van der Waals surface area contributed by atoms with Crippen LogP contribution in [0.25, 0.3) is 0 Å². The molecular formula is C15H25N. The van der Waals surface area contributed by atoms with Gasteiger partial charge in [-0.05, 0) is 38.3 Å². The minimum absolute atomic E-state index is 0.959. The first kappa shape index (κ1) is 15.0. The van der Waals surface area contributed by atoms with Crippen molar-refractivity contribution in [3.8, 4) is 12.3 Å². The first-order valence-corrected chi connectivity index (χ1v) is 6.26. The van der Waals surface area contributed by atoms with E-state index in [1.165, 1.54) is 18.4 Å². The van der Waals surface area contributed by atoms with Gasteiger partial charge in [-0.15, -0.1) is 6.42 Å². The van der Waals surface area contributed by atoms with E-state index in [1.807, 2.05) is 0 Å². The molecule has 0 aliphatic heterocycles. The van der Waals surface area contributed by atoms with E-state index >= 15 is 0 Å². The zero-order chi connectivity index (χ0) is 12.2. The van der Waals surface area contributed by atoms with Gasteiger partial charge in [-0.3, -0.25) is 0 Å². The van der Waals surface area contributed by atoms with Crippen molar-refractivity contribution in [2.75, 3.05) is 13.1 Å². The van der Waals surface area contributed by atoms with Crippen LogP contribution in [0.5, 0.6) is 0 Å². The highest BCUT2D eigenvalue weighted by Gasteiger charge is 1.91. The highest BCUT2D eigenvalue weighted by Crippen LogP contribution is 2.07. The SMILES string of the molecule is C#C/C(=C\C/C=C(/C)CNCC)CCCC. The maximum absolute atomic E-state index is 5.46. The number of nitrogens with one attached hydrogen (secondary N) is 1. The van der Waals surface area contributed by atoms with Gasteiger partial charge in [0.2, 0.25) is 0 Å². The van der Waals surface area contributed by atoms with E-state index in [2.05, 4.69) is 44.2 Å². The Hall–Kier alpha value is -1.00. The summed E-state index contributed by atoms with van der Waals surface area (Å²) in [5.74, 6) is 2.77. The van der Waals surface area contributed by atoms with Crippen molar-refractivity contribution in [1.82, 2.24) is 5.32 Å². The summed E-state index contributed by atoms with van der Waals surface area (Å²) < 4.78 is 0. The molecular weight excluding hydrogens is 194 g/mol. The smallest absolute Gasteiger partial charge is 0.0161 e. The summed E-state index contributed by atoms with van der Waals surface area (Å²) >= 11 is 0. The Morgan fingerprint density at radius 1 is 1.31 bits per heavy atom. The van der Waals surface area contributed by atoms with Crippen molar-refractivity contribution in [3.63, 3.8) is 0 Å². The van der Waals surface area contributed by atoms with Crippen LogP contribution in [-0.2, 0) is 0 Å². The van der Waals surface area contributed by atoms with Crippen molar-refractivity contribution < 1.29 is 0 Å². The zero-order valence-electron chi connectivity index (χ0n) is 11.0. The Balaban J connectivity index is 3.98. The molecule has 0 fully saturated rings. The van der Waals surface area contributed by atoms with E-state index in [0.717, 1.165) is 31.5 Å². The Labute approximate surface area is 101 Å². The molecule has 0 saturated heterocycles. The van der Waals surface area contributed by atoms with Gasteiger partial charge in [0.15, 0.2) is 0 Å². The van der Waals surface area contributed by atoms with Crippen LogP contribution in [0.1, 0.15) is 46.5 Å². The molecule has 0 bridgehead atoms. The van der Waals surface area contributed by atoms with E-state index in [0.29, 0.717) is 0 Å². The molecule has 0 saturated carbocycles. The molecule has 0 unspecified atom stereocenters. The third-order valence-corrected chi connectivity index (χ3v) is 2.47. The summed E-state index contributed by atoms with van der Waals surface area (Å²) in [6, 6.07) is 0. The van der Waals surface area contributed by atoms with Crippen molar-refractivity contribution >= 4 is 0 Å². The summed E-state index contributed by atoms with van der Waals surface area (Å²) in [4.78, 5) is 0. The van der Waals surface area contributed by atoms with E-state index in [4.69, 9.17) is 6.42 Å². The minimum Gasteiger partial charge on any atom is -0.313 e. The third kappa shape index (κ3) is 8.32. The minimum atomic E-state index is 0.959. The second kappa shape index (κ2) is 10.5. The van der Waals surface area contributed by atoms with Crippen LogP contribution in [0.4, 0.5) is 0 Å². The number of likely N-dealkylation sites (N-methyl/N-ethyl adjacent to an activating group) is 1. The summed E-state index contributed by atoms with van der Waals surface area (Å²) in [7, 11) is 0. The van der Waals surface area contributed by atoms with Crippen LogP contribution in [0.15, 0.2) is 23.3 Å². The van der Waals surface area contributed by atoms with Gasteiger partial charge in [0, 0.05) is 6.54 Å². The van der Waals surface area contributed by atoms with Crippen molar-refractivity contribution in [3.05, 3.63) is 23.3 Å². The Kier molecular flexibility index (Phi) is 9.86. The fourth-order valence-corrected chi connectivity index (χ4v) is 1.40. The average Bonchev–Trinajstić information content (AvgIpc) is 2.30. The predicted octanol–water partition coefficient (Wildman–Crippen LogP) is 3.68. The lowest BCUT2D eigenvalue weighted by Crippen LogP contribution is -2.14. The monoisotopic (exact) mass is 219 g/mol. The molecule has 0 atom stereocenters. The van der Waals surface area contributed by atoms with Crippen LogP contribution >= 0.6 is 0 Å². The van der Waals surface area contributed by atoms with Crippen molar-refractivity contribution in [1.29, 1.82) is 0 Å². The fourth-order valence-electron chi connectivity index (χ4n) is 1.40. The molecule has 0 heterocycles. The van der Waals surface area contributed by atoms with Crippen LogP contribution in [0, 0.1) is 12.3 Å². The zero-order valence-corrected chi connectivity index (χ0v) is 11.0. The lowest BCUT2D eigenvalue weighted by atomic mass is 10.1. The van der Waals surface area contributed by atoms with E-state index < -0.39 is 0 Å². The number of allylic oxidation sites excluding steroid dienone is 3. The van der Waals surface area contributed by atoms with E-state index in [1.54, 1.807) is 0 Å². The summed E-state index contributed by atoms with van der Waals surface area (Å²) in [6.45, 7) is 8.46. The molecule has 1 nitrogen and oxygen atoms in total. The normalized spacial score (nSPS) is 12.6. The van der Waals surface area contributed by atoms with Crippen molar-refractivity contribution in [2.45, 2.75) is 46.5 Å². The summed E-state index contributed by atoms with van der Waals surface area (Å²) in [6.07, 6.45) is 14.3. The molecule has 0 aromatic heterocycles. The van der Waals surface area contributed by atoms with Gasteiger partial charge in [0.05, 0.1) is 0 Å². The molecule has 90 valence electrons. The molecule has 0 aromatic rings. The van der Waals surface area contributed by atoms with Crippen LogP contribution in [-0.4, -0.2) is 13.1 Å². The number of rotatable bonds is 8. The van der Waals surface area contributed by atoms with Gasteiger partial charge in [0.1, 0.15) is 0 Å². The highest BCUT2D eigenvalue weighted by molar-refractivity contribution is 5.26. The quantitative estimate of drug-likeness (QED) is 0.485. The van der Waals surface area contributed by atoms with Gasteiger partial charge in [-0.2, -0.15) is 0 Å². The molecule has 1 heteroatoms. The number of hydrogen-bond donors (Lipinski definition) is 1. The molecule has 1 N–H and O–H groups in total. The highest BCUT2D eigenvalue weighted by atomic mass is 14.8. The lowest BCUT2D eigenvalue weighted by Gasteiger charge is -2.01. The molecule has 0 spiro atoms. The molecule has 0 radical (unpaired) electrons. The van der Waals surface area contributed by atoms with Crippen LogP contribution in [0.3, 0.4) is 0 Å². The number of hydrogen-bond acceptors (Lipinski definition) is 1. The molecule has 0 aliphatic rings. The van der Waals surface area contributed by atoms with Gasteiger partial charge in [-0.25, -0.2) is 0 Å². The topological polar surface area (TPSA) is 12.0 Å². The molecule has 0 aliphatic carbocycles. The maximum Gasteiger partial charge on any atom is 0.0161 e. The number of terminal acetylenes is 1. The summed E-state index contributed by atoms with van der Waals surface area (Å²) in [5, 5.41) is 3.31. The second-order valence-electron chi connectivity index (χ2n) is 4.04. The molecule has 0 aromatic carbocycles. The molecule has 0 rings (SSSR count). The average molecular weight is 219 g/mol. The summed E-state index contributed by atoms with van der Waals surface area (Å²) in [5.41, 5.74) is 2.53. The first-order chi connectivity index (χ1) is 7.74. The van der Waals surface area contributed by atoms with Crippen LogP contribution in [0.2, 0.25) is 0 Å². The van der Waals surface area contributed by atoms with Gasteiger partial charge in [0.25, 0.3) is 0 Å². The number of unbranched alkanes of at least 4 members (excludes halogenated alkanes) is 1. The Morgan fingerprint density at radius 2 is 2.06 bits per heavy atom. The molecule has 16 heavy (non-hydrogen) atoms. The third-order valence-electron chi connectivity index (χ3n) is 2.47. The largest absolute Gasteiger partial charge is 0.313 e. The van der Waals surface area contributed by atoms with E-state index in [9.17, 15) is 0 Å². The van der Waals surface area contributed by atoms with Gasteiger partial charge < -0.3 is 5.32 Å². The van der Waals surface area contributed by atoms with Crippen LogP contribution < -0.4 is 5.32 Å². The predicted molar refractivity (Wildman–Crippen MR) is 73.4 cm³/mol. The van der Waals surface area contributed by atoms with Crippen molar-refractivity contribution in [2.24, 2.45) is 0 Å². The Morgan fingerprint density at radius 3 is 2.62 bits per heavy atom. The van der Waals surface area contributed by atoms with Gasteiger partial charge >= 0.3 is 0 Å². The maximum atomic E-state index is 5.46. The van der Waals surface area contributed by atoms with E-state index in [-0.39, 0.29) is 0 Å². The fraction of sp³-hybridized carbons (Fsp3) is 0.600. The lowest BCUT2D eigenvalue weighted by molar-refractivity contribution is 0.773. The Bertz CT molecular complexity index is 266.